The summed E-state index contributed by atoms with van der Waals surface area (Å²) in [5.41, 5.74) is 7.62. The zero-order valence-electron chi connectivity index (χ0n) is 10.5. The van der Waals surface area contributed by atoms with Crippen LogP contribution in [0.1, 0.15) is 15.9 Å². The maximum absolute atomic E-state index is 11.7. The number of nitrogen functional groups attached to an aromatic ring is 1. The van der Waals surface area contributed by atoms with Crippen molar-refractivity contribution in [1.29, 1.82) is 0 Å². The normalized spacial score (nSPS) is 10.4. The number of hydrogen-bond donors (Lipinski definition) is 1. The first-order chi connectivity index (χ1) is 8.56. The first-order valence-electron chi connectivity index (χ1n) is 5.40. The Bertz CT molecular complexity index is 623. The van der Waals surface area contributed by atoms with Gasteiger partial charge in [-0.2, -0.15) is 0 Å². The van der Waals surface area contributed by atoms with Crippen molar-refractivity contribution in [2.45, 2.75) is 6.92 Å². The van der Waals surface area contributed by atoms with Gasteiger partial charge in [0, 0.05) is 5.39 Å². The van der Waals surface area contributed by atoms with E-state index in [0.29, 0.717) is 22.2 Å². The molecule has 0 aliphatic heterocycles. The second-order valence-electron chi connectivity index (χ2n) is 3.95. The minimum Gasteiger partial charge on any atom is -0.494 e. The SMILES string of the molecule is COC(=O)c1cc(N)nc2c(OC)cc(C)cc12. The van der Waals surface area contributed by atoms with E-state index in [0.717, 1.165) is 5.56 Å². The molecule has 0 bridgehead atoms. The van der Waals surface area contributed by atoms with Crippen molar-refractivity contribution in [1.82, 2.24) is 4.98 Å². The molecule has 1 heterocycles. The lowest BCUT2D eigenvalue weighted by atomic mass is 10.1. The molecule has 0 unspecified atom stereocenters. The minimum absolute atomic E-state index is 0.255. The van der Waals surface area contributed by atoms with Gasteiger partial charge in [0.25, 0.3) is 0 Å². The second-order valence-corrected chi connectivity index (χ2v) is 3.95. The molecule has 0 aliphatic carbocycles. The van der Waals surface area contributed by atoms with Gasteiger partial charge < -0.3 is 15.2 Å². The van der Waals surface area contributed by atoms with Gasteiger partial charge in [-0.3, -0.25) is 0 Å². The van der Waals surface area contributed by atoms with E-state index in [1.807, 2.05) is 19.1 Å². The molecule has 0 atom stereocenters. The standard InChI is InChI=1S/C13H14N2O3/c1-7-4-8-9(13(16)18-3)6-11(14)15-12(8)10(5-7)17-2/h4-6H,1-3H3,(H2,14,15). The highest BCUT2D eigenvalue weighted by Gasteiger charge is 2.15. The van der Waals surface area contributed by atoms with Crippen molar-refractivity contribution in [3.8, 4) is 5.75 Å². The summed E-state index contributed by atoms with van der Waals surface area (Å²) in [6.45, 7) is 1.92. The molecule has 0 aliphatic rings. The first kappa shape index (κ1) is 12.2. The Hall–Kier alpha value is -2.30. The van der Waals surface area contributed by atoms with Gasteiger partial charge in [-0.1, -0.05) is 0 Å². The number of methoxy groups -OCH3 is 2. The van der Waals surface area contributed by atoms with Crippen molar-refractivity contribution in [3.63, 3.8) is 0 Å². The van der Waals surface area contributed by atoms with Crippen LogP contribution in [0.25, 0.3) is 10.9 Å². The molecule has 1 aromatic carbocycles. The lowest BCUT2D eigenvalue weighted by Gasteiger charge is -2.10. The maximum Gasteiger partial charge on any atom is 0.338 e. The Labute approximate surface area is 105 Å². The van der Waals surface area contributed by atoms with Crippen LogP contribution in [0.15, 0.2) is 18.2 Å². The predicted molar refractivity (Wildman–Crippen MR) is 68.8 cm³/mol. The van der Waals surface area contributed by atoms with Crippen molar-refractivity contribution in [2.24, 2.45) is 0 Å². The number of carbonyl (C=O) groups is 1. The number of anilines is 1. The van der Waals surface area contributed by atoms with E-state index in [1.54, 1.807) is 7.11 Å². The molecule has 2 rings (SSSR count). The smallest absolute Gasteiger partial charge is 0.338 e. The molecule has 0 fully saturated rings. The molecule has 0 spiro atoms. The van der Waals surface area contributed by atoms with Crippen LogP contribution in [0.3, 0.4) is 0 Å². The summed E-state index contributed by atoms with van der Waals surface area (Å²) in [6, 6.07) is 5.21. The third-order valence-electron chi connectivity index (χ3n) is 2.67. The number of benzene rings is 1. The fourth-order valence-electron chi connectivity index (χ4n) is 1.89. The summed E-state index contributed by atoms with van der Waals surface area (Å²) in [5.74, 6) is 0.397. The van der Waals surface area contributed by atoms with E-state index in [2.05, 4.69) is 4.98 Å². The van der Waals surface area contributed by atoms with Gasteiger partial charge in [0.2, 0.25) is 0 Å². The molecule has 18 heavy (non-hydrogen) atoms. The van der Waals surface area contributed by atoms with Crippen LogP contribution in [0.5, 0.6) is 5.75 Å². The summed E-state index contributed by atoms with van der Waals surface area (Å²) < 4.78 is 10.0. The molecule has 94 valence electrons. The Balaban J connectivity index is 2.86. The molecule has 5 nitrogen and oxygen atoms in total. The molecular weight excluding hydrogens is 232 g/mol. The zero-order chi connectivity index (χ0) is 13.3. The largest absolute Gasteiger partial charge is 0.494 e. The molecule has 2 N–H and O–H groups in total. The van der Waals surface area contributed by atoms with E-state index in [4.69, 9.17) is 15.2 Å². The molecular formula is C13H14N2O3. The number of aryl methyl sites for hydroxylation is 1. The average molecular weight is 246 g/mol. The lowest BCUT2D eigenvalue weighted by Crippen LogP contribution is -2.05. The van der Waals surface area contributed by atoms with Crippen LogP contribution in [-0.4, -0.2) is 25.2 Å². The second kappa shape index (κ2) is 4.52. The fraction of sp³-hybridized carbons (Fsp3) is 0.231. The van der Waals surface area contributed by atoms with Crippen LogP contribution in [0.4, 0.5) is 5.82 Å². The number of hydrogen-bond acceptors (Lipinski definition) is 5. The van der Waals surface area contributed by atoms with E-state index >= 15 is 0 Å². The number of nitrogens with two attached hydrogens (primary N) is 1. The van der Waals surface area contributed by atoms with Gasteiger partial charge in [0.05, 0.1) is 19.8 Å². The van der Waals surface area contributed by atoms with E-state index in [-0.39, 0.29) is 5.82 Å². The third kappa shape index (κ3) is 1.95. The number of fused-ring (bicyclic) bond motifs is 1. The Morgan fingerprint density at radius 3 is 2.61 bits per heavy atom. The monoisotopic (exact) mass is 246 g/mol. The number of esters is 1. The predicted octanol–water partition coefficient (Wildman–Crippen LogP) is 1.92. The summed E-state index contributed by atoms with van der Waals surface area (Å²) >= 11 is 0. The summed E-state index contributed by atoms with van der Waals surface area (Å²) in [6.07, 6.45) is 0. The van der Waals surface area contributed by atoms with Crippen molar-refractivity contribution in [2.75, 3.05) is 20.0 Å². The highest BCUT2D eigenvalue weighted by atomic mass is 16.5. The highest BCUT2D eigenvalue weighted by molar-refractivity contribution is 6.05. The molecule has 2 aromatic rings. The fourth-order valence-corrected chi connectivity index (χ4v) is 1.89. The topological polar surface area (TPSA) is 74.4 Å². The van der Waals surface area contributed by atoms with Crippen LogP contribution in [-0.2, 0) is 4.74 Å². The Morgan fingerprint density at radius 1 is 1.28 bits per heavy atom. The Kier molecular flexibility index (Phi) is 3.06. The number of pyridine rings is 1. The summed E-state index contributed by atoms with van der Waals surface area (Å²) in [4.78, 5) is 16.0. The van der Waals surface area contributed by atoms with E-state index in [9.17, 15) is 4.79 Å². The van der Waals surface area contributed by atoms with Gasteiger partial charge in [-0.25, -0.2) is 9.78 Å². The summed E-state index contributed by atoms with van der Waals surface area (Å²) in [5, 5.41) is 0.674. The number of rotatable bonds is 2. The first-order valence-corrected chi connectivity index (χ1v) is 5.40. The average Bonchev–Trinajstić information content (AvgIpc) is 2.36. The van der Waals surface area contributed by atoms with Gasteiger partial charge >= 0.3 is 5.97 Å². The van der Waals surface area contributed by atoms with Crippen molar-refractivity contribution in [3.05, 3.63) is 29.3 Å². The number of ether oxygens (including phenoxy) is 2. The van der Waals surface area contributed by atoms with Gasteiger partial charge in [-0.15, -0.1) is 0 Å². The van der Waals surface area contributed by atoms with Gasteiger partial charge in [-0.05, 0) is 30.7 Å². The summed E-state index contributed by atoms with van der Waals surface area (Å²) in [7, 11) is 2.88. The molecule has 0 radical (unpaired) electrons. The highest BCUT2D eigenvalue weighted by Crippen LogP contribution is 2.29. The molecule has 0 amide bonds. The number of carbonyl (C=O) groups excluding carboxylic acids is 1. The lowest BCUT2D eigenvalue weighted by molar-refractivity contribution is 0.0603. The van der Waals surface area contributed by atoms with Crippen LogP contribution >= 0.6 is 0 Å². The molecule has 0 saturated carbocycles. The van der Waals surface area contributed by atoms with Crippen LogP contribution in [0.2, 0.25) is 0 Å². The van der Waals surface area contributed by atoms with Crippen LogP contribution in [0, 0.1) is 6.92 Å². The Morgan fingerprint density at radius 2 is 2.00 bits per heavy atom. The third-order valence-corrected chi connectivity index (χ3v) is 2.67. The molecule has 0 saturated heterocycles. The van der Waals surface area contributed by atoms with Crippen LogP contribution < -0.4 is 10.5 Å². The van der Waals surface area contributed by atoms with E-state index < -0.39 is 5.97 Å². The van der Waals surface area contributed by atoms with E-state index in [1.165, 1.54) is 13.2 Å². The van der Waals surface area contributed by atoms with Gasteiger partial charge in [0.1, 0.15) is 17.1 Å². The maximum atomic E-state index is 11.7. The quantitative estimate of drug-likeness (QED) is 0.819. The number of aromatic nitrogens is 1. The number of nitrogens with zero attached hydrogens (tertiary/aromatic N) is 1. The molecule has 5 heteroatoms. The minimum atomic E-state index is -0.443. The van der Waals surface area contributed by atoms with Gasteiger partial charge in [0.15, 0.2) is 0 Å². The van der Waals surface area contributed by atoms with Crippen molar-refractivity contribution < 1.29 is 14.3 Å². The molecule has 1 aromatic heterocycles. The zero-order valence-corrected chi connectivity index (χ0v) is 10.5. The van der Waals surface area contributed by atoms with Crippen molar-refractivity contribution >= 4 is 22.7 Å².